The molecule has 1 amide bonds. The first-order chi connectivity index (χ1) is 8.45. The second kappa shape index (κ2) is 7.10. The van der Waals surface area contributed by atoms with E-state index in [4.69, 9.17) is 4.74 Å². The van der Waals surface area contributed by atoms with Crippen molar-refractivity contribution in [2.75, 3.05) is 39.9 Å². The van der Waals surface area contributed by atoms with Crippen molar-refractivity contribution in [1.82, 2.24) is 10.2 Å². The van der Waals surface area contributed by atoms with Crippen molar-refractivity contribution in [2.45, 2.75) is 33.6 Å². The van der Waals surface area contributed by atoms with E-state index >= 15 is 0 Å². The SMILES string of the molecule is COCCNCC(=O)N1CCC(C(C)(C)C)CC1. The van der Waals surface area contributed by atoms with E-state index in [0.29, 0.717) is 18.6 Å². The normalized spacial score (nSPS) is 18.1. The predicted octanol–water partition coefficient (Wildman–Crippen LogP) is 1.51. The smallest absolute Gasteiger partial charge is 0.236 e. The van der Waals surface area contributed by atoms with E-state index in [1.165, 1.54) is 0 Å². The molecule has 18 heavy (non-hydrogen) atoms. The molecule has 0 saturated carbocycles. The number of methoxy groups -OCH3 is 1. The number of carbonyl (C=O) groups is 1. The lowest BCUT2D eigenvalue weighted by Gasteiger charge is -2.38. The van der Waals surface area contributed by atoms with Crippen LogP contribution in [0.2, 0.25) is 0 Å². The number of ether oxygens (including phenoxy) is 1. The van der Waals surface area contributed by atoms with Gasteiger partial charge in [0.1, 0.15) is 0 Å². The Hall–Kier alpha value is -0.610. The quantitative estimate of drug-likeness (QED) is 0.758. The summed E-state index contributed by atoms with van der Waals surface area (Å²) in [6.07, 6.45) is 2.26. The highest BCUT2D eigenvalue weighted by molar-refractivity contribution is 5.78. The van der Waals surface area contributed by atoms with E-state index in [-0.39, 0.29) is 5.91 Å². The molecule has 0 spiro atoms. The minimum Gasteiger partial charge on any atom is -0.383 e. The summed E-state index contributed by atoms with van der Waals surface area (Å²) in [6, 6.07) is 0. The van der Waals surface area contributed by atoms with Gasteiger partial charge in [0.25, 0.3) is 0 Å². The minimum absolute atomic E-state index is 0.221. The second-order valence-corrected chi connectivity index (χ2v) is 6.19. The number of rotatable bonds is 5. The first kappa shape index (κ1) is 15.4. The Labute approximate surface area is 111 Å². The van der Waals surface area contributed by atoms with E-state index in [0.717, 1.165) is 38.4 Å². The molecule has 106 valence electrons. The Balaban J connectivity index is 2.23. The highest BCUT2D eigenvalue weighted by Crippen LogP contribution is 2.34. The van der Waals surface area contributed by atoms with Crippen LogP contribution in [-0.2, 0) is 9.53 Å². The van der Waals surface area contributed by atoms with Gasteiger partial charge in [0, 0.05) is 26.7 Å². The highest BCUT2D eigenvalue weighted by Gasteiger charge is 2.29. The fourth-order valence-electron chi connectivity index (χ4n) is 2.48. The van der Waals surface area contributed by atoms with Gasteiger partial charge in [-0.15, -0.1) is 0 Å². The summed E-state index contributed by atoms with van der Waals surface area (Å²) in [4.78, 5) is 13.9. The van der Waals surface area contributed by atoms with Crippen molar-refractivity contribution >= 4 is 5.91 Å². The zero-order chi connectivity index (χ0) is 13.6. The number of nitrogens with zero attached hydrogens (tertiary/aromatic N) is 1. The molecule has 0 aliphatic carbocycles. The van der Waals surface area contributed by atoms with Gasteiger partial charge in [0.05, 0.1) is 13.2 Å². The van der Waals surface area contributed by atoms with Gasteiger partial charge >= 0.3 is 0 Å². The molecule has 0 aromatic rings. The van der Waals surface area contributed by atoms with Crippen LogP contribution in [0.15, 0.2) is 0 Å². The molecule has 1 saturated heterocycles. The maximum Gasteiger partial charge on any atom is 0.236 e. The summed E-state index contributed by atoms with van der Waals surface area (Å²) in [6.45, 7) is 10.5. The van der Waals surface area contributed by atoms with Crippen molar-refractivity contribution in [3.8, 4) is 0 Å². The first-order valence-electron chi connectivity index (χ1n) is 6.92. The van der Waals surface area contributed by atoms with Gasteiger partial charge in [0.2, 0.25) is 5.91 Å². The third-order valence-electron chi connectivity index (χ3n) is 3.83. The molecule has 1 aliphatic rings. The van der Waals surface area contributed by atoms with Crippen LogP contribution in [0.4, 0.5) is 0 Å². The molecular weight excluding hydrogens is 228 g/mol. The van der Waals surface area contributed by atoms with Gasteiger partial charge < -0.3 is 15.0 Å². The molecule has 0 aromatic heterocycles. The first-order valence-corrected chi connectivity index (χ1v) is 6.92. The molecular formula is C14H28N2O2. The van der Waals surface area contributed by atoms with Gasteiger partial charge in [-0.2, -0.15) is 0 Å². The number of hydrogen-bond acceptors (Lipinski definition) is 3. The van der Waals surface area contributed by atoms with Crippen LogP contribution in [0.3, 0.4) is 0 Å². The van der Waals surface area contributed by atoms with Crippen molar-refractivity contribution < 1.29 is 9.53 Å². The van der Waals surface area contributed by atoms with Gasteiger partial charge in [0.15, 0.2) is 0 Å². The lowest BCUT2D eigenvalue weighted by Crippen LogP contribution is -2.45. The Kier molecular flexibility index (Phi) is 6.09. The van der Waals surface area contributed by atoms with Crippen molar-refractivity contribution in [3.63, 3.8) is 0 Å². The lowest BCUT2D eigenvalue weighted by molar-refractivity contribution is -0.132. The third-order valence-corrected chi connectivity index (χ3v) is 3.83. The van der Waals surface area contributed by atoms with Gasteiger partial charge in [-0.05, 0) is 24.2 Å². The Bertz CT molecular complexity index is 253. The summed E-state index contributed by atoms with van der Waals surface area (Å²) < 4.78 is 4.93. The minimum atomic E-state index is 0.221. The van der Waals surface area contributed by atoms with Crippen molar-refractivity contribution in [1.29, 1.82) is 0 Å². The molecule has 4 nitrogen and oxygen atoms in total. The molecule has 1 N–H and O–H groups in total. The van der Waals surface area contributed by atoms with E-state index < -0.39 is 0 Å². The summed E-state index contributed by atoms with van der Waals surface area (Å²) >= 11 is 0. The topological polar surface area (TPSA) is 41.6 Å². The molecule has 1 fully saturated rings. The molecule has 1 rings (SSSR count). The standard InChI is InChI=1S/C14H28N2O2/c1-14(2,3)12-5-8-16(9-6-12)13(17)11-15-7-10-18-4/h12,15H,5-11H2,1-4H3. The molecule has 4 heteroatoms. The fourth-order valence-corrected chi connectivity index (χ4v) is 2.48. The van der Waals surface area contributed by atoms with Crippen LogP contribution in [0.25, 0.3) is 0 Å². The van der Waals surface area contributed by atoms with Crippen LogP contribution in [0.5, 0.6) is 0 Å². The zero-order valence-electron chi connectivity index (χ0n) is 12.3. The number of piperidine rings is 1. The second-order valence-electron chi connectivity index (χ2n) is 6.19. The summed E-state index contributed by atoms with van der Waals surface area (Å²) in [5, 5.41) is 3.11. The average Bonchev–Trinajstić information content (AvgIpc) is 2.33. The van der Waals surface area contributed by atoms with E-state index in [1.54, 1.807) is 7.11 Å². The maximum atomic E-state index is 11.9. The lowest BCUT2D eigenvalue weighted by atomic mass is 9.75. The van der Waals surface area contributed by atoms with Crippen LogP contribution >= 0.6 is 0 Å². The fraction of sp³-hybridized carbons (Fsp3) is 0.929. The number of nitrogens with one attached hydrogen (secondary N) is 1. The van der Waals surface area contributed by atoms with Crippen LogP contribution < -0.4 is 5.32 Å². The maximum absolute atomic E-state index is 11.9. The molecule has 1 heterocycles. The zero-order valence-corrected chi connectivity index (χ0v) is 12.3. The number of carbonyl (C=O) groups excluding carboxylic acids is 1. The van der Waals surface area contributed by atoms with Gasteiger partial charge in [-0.1, -0.05) is 20.8 Å². The predicted molar refractivity (Wildman–Crippen MR) is 73.5 cm³/mol. The largest absolute Gasteiger partial charge is 0.383 e. The number of likely N-dealkylation sites (tertiary alicyclic amines) is 1. The summed E-state index contributed by atoms with van der Waals surface area (Å²) in [7, 11) is 1.67. The monoisotopic (exact) mass is 256 g/mol. The summed E-state index contributed by atoms with van der Waals surface area (Å²) in [5.41, 5.74) is 0.367. The number of amides is 1. The van der Waals surface area contributed by atoms with E-state index in [2.05, 4.69) is 26.1 Å². The van der Waals surface area contributed by atoms with Gasteiger partial charge in [-0.25, -0.2) is 0 Å². The number of hydrogen-bond donors (Lipinski definition) is 1. The highest BCUT2D eigenvalue weighted by atomic mass is 16.5. The molecule has 1 aliphatic heterocycles. The Morgan fingerprint density at radius 1 is 1.33 bits per heavy atom. The van der Waals surface area contributed by atoms with E-state index in [1.807, 2.05) is 4.90 Å². The van der Waals surface area contributed by atoms with Crippen molar-refractivity contribution in [3.05, 3.63) is 0 Å². The van der Waals surface area contributed by atoms with Gasteiger partial charge in [-0.3, -0.25) is 4.79 Å². The molecule has 0 atom stereocenters. The molecule has 0 unspecified atom stereocenters. The molecule has 0 aromatic carbocycles. The van der Waals surface area contributed by atoms with Crippen molar-refractivity contribution in [2.24, 2.45) is 11.3 Å². The molecule has 0 radical (unpaired) electrons. The Morgan fingerprint density at radius 2 is 1.94 bits per heavy atom. The van der Waals surface area contributed by atoms with Crippen LogP contribution in [0, 0.1) is 11.3 Å². The van der Waals surface area contributed by atoms with Crippen LogP contribution in [0.1, 0.15) is 33.6 Å². The third kappa shape index (κ3) is 4.94. The Morgan fingerprint density at radius 3 is 2.44 bits per heavy atom. The van der Waals surface area contributed by atoms with Crippen LogP contribution in [-0.4, -0.2) is 50.7 Å². The average molecular weight is 256 g/mol. The molecule has 0 bridgehead atoms. The summed E-state index contributed by atoms with van der Waals surface area (Å²) in [5.74, 6) is 0.960. The van der Waals surface area contributed by atoms with E-state index in [9.17, 15) is 4.79 Å².